The first kappa shape index (κ1) is 9.55. The Morgan fingerprint density at radius 1 is 1.57 bits per heavy atom. The molecule has 1 fully saturated rings. The Balaban J connectivity index is 2.09. The van der Waals surface area contributed by atoms with Gasteiger partial charge in [-0.05, 0) is 25.1 Å². The molecule has 4 heteroatoms. The summed E-state index contributed by atoms with van der Waals surface area (Å²) < 4.78 is 12.9. The lowest BCUT2D eigenvalue weighted by Gasteiger charge is -2.13. The molecule has 76 valence electrons. The van der Waals surface area contributed by atoms with E-state index in [1.54, 1.807) is 12.3 Å². The summed E-state index contributed by atoms with van der Waals surface area (Å²) in [4.78, 5) is 3.87. The van der Waals surface area contributed by atoms with Gasteiger partial charge >= 0.3 is 0 Å². The Bertz CT molecular complexity index is 316. The highest BCUT2D eigenvalue weighted by Crippen LogP contribution is 2.25. The van der Waals surface area contributed by atoms with Gasteiger partial charge in [0.15, 0.2) is 0 Å². The molecule has 2 heterocycles. The number of halogens is 1. The quantitative estimate of drug-likeness (QED) is 0.767. The van der Waals surface area contributed by atoms with E-state index < -0.39 is 0 Å². The van der Waals surface area contributed by atoms with Crippen molar-refractivity contribution in [1.82, 2.24) is 15.4 Å². The van der Waals surface area contributed by atoms with E-state index in [2.05, 4.69) is 15.4 Å². The van der Waals surface area contributed by atoms with Crippen LogP contribution in [0.3, 0.4) is 0 Å². The zero-order valence-electron chi connectivity index (χ0n) is 8.20. The van der Waals surface area contributed by atoms with Crippen molar-refractivity contribution in [3.8, 4) is 0 Å². The number of rotatable bonds is 2. The molecule has 2 rings (SSSR count). The highest BCUT2D eigenvalue weighted by atomic mass is 19.1. The van der Waals surface area contributed by atoms with Crippen LogP contribution in [0.15, 0.2) is 18.5 Å². The maximum absolute atomic E-state index is 12.9. The molecule has 1 aromatic rings. The van der Waals surface area contributed by atoms with Gasteiger partial charge in [-0.15, -0.1) is 0 Å². The average molecular weight is 195 g/mol. The lowest BCUT2D eigenvalue weighted by atomic mass is 10.0. The van der Waals surface area contributed by atoms with Gasteiger partial charge in [-0.2, -0.15) is 0 Å². The van der Waals surface area contributed by atoms with Crippen molar-refractivity contribution in [2.75, 3.05) is 20.1 Å². The van der Waals surface area contributed by atoms with Gasteiger partial charge in [0.2, 0.25) is 0 Å². The summed E-state index contributed by atoms with van der Waals surface area (Å²) in [5.74, 6) is 0.163. The van der Waals surface area contributed by atoms with Gasteiger partial charge < -0.3 is 0 Å². The van der Waals surface area contributed by atoms with E-state index >= 15 is 0 Å². The molecule has 0 saturated carbocycles. The number of pyridine rings is 1. The van der Waals surface area contributed by atoms with Gasteiger partial charge in [-0.1, -0.05) is 0 Å². The van der Waals surface area contributed by atoms with Crippen LogP contribution in [0.4, 0.5) is 4.39 Å². The lowest BCUT2D eigenvalue weighted by molar-refractivity contribution is 0.258. The van der Waals surface area contributed by atoms with Crippen LogP contribution in [-0.2, 0) is 0 Å². The molecule has 0 amide bonds. The molecule has 0 aromatic carbocycles. The van der Waals surface area contributed by atoms with Crippen LogP contribution >= 0.6 is 0 Å². The molecule has 1 aromatic heterocycles. The number of hydrogen-bond acceptors (Lipinski definition) is 3. The van der Waals surface area contributed by atoms with Crippen molar-refractivity contribution in [2.45, 2.75) is 12.3 Å². The van der Waals surface area contributed by atoms with E-state index in [0.717, 1.165) is 25.1 Å². The molecule has 1 saturated heterocycles. The van der Waals surface area contributed by atoms with E-state index in [1.165, 1.54) is 6.20 Å². The molecule has 0 aliphatic carbocycles. The maximum Gasteiger partial charge on any atom is 0.141 e. The Morgan fingerprint density at radius 3 is 3.07 bits per heavy atom. The largest absolute Gasteiger partial charge is 0.261 e. The molecule has 14 heavy (non-hydrogen) atoms. The predicted octanol–water partition coefficient (Wildman–Crippen LogP) is 1.14. The Labute approximate surface area is 82.9 Å². The summed E-state index contributed by atoms with van der Waals surface area (Å²) in [7, 11) is 1.91. The third-order valence-electron chi connectivity index (χ3n) is 2.70. The van der Waals surface area contributed by atoms with Crippen molar-refractivity contribution in [1.29, 1.82) is 0 Å². The first-order chi connectivity index (χ1) is 6.79. The first-order valence-corrected chi connectivity index (χ1v) is 4.82. The molecule has 1 aliphatic heterocycles. The summed E-state index contributed by atoms with van der Waals surface area (Å²) in [6.07, 6.45) is 4.06. The Morgan fingerprint density at radius 2 is 2.43 bits per heavy atom. The minimum atomic E-state index is -0.245. The molecule has 0 spiro atoms. The number of hydrazine groups is 1. The minimum absolute atomic E-state index is 0.245. The molecule has 1 aliphatic rings. The van der Waals surface area contributed by atoms with Crippen molar-refractivity contribution in [3.63, 3.8) is 0 Å². The number of nitrogens with zero attached hydrogens (tertiary/aromatic N) is 2. The number of hydrogen-bond donors (Lipinski definition) is 1. The molecular formula is C10H14FN3. The third kappa shape index (κ3) is 1.91. The minimum Gasteiger partial charge on any atom is -0.261 e. The topological polar surface area (TPSA) is 28.2 Å². The van der Waals surface area contributed by atoms with Crippen molar-refractivity contribution >= 4 is 0 Å². The van der Waals surface area contributed by atoms with Gasteiger partial charge in [0.25, 0.3) is 0 Å². The van der Waals surface area contributed by atoms with E-state index in [-0.39, 0.29) is 5.82 Å². The van der Waals surface area contributed by atoms with Crippen LogP contribution in [0.2, 0.25) is 0 Å². The number of aromatic nitrogens is 1. The molecule has 1 N–H and O–H groups in total. The summed E-state index contributed by atoms with van der Waals surface area (Å²) in [5.41, 5.74) is 4.10. The van der Waals surface area contributed by atoms with Gasteiger partial charge in [-0.25, -0.2) is 9.40 Å². The molecule has 1 atom stereocenters. The van der Waals surface area contributed by atoms with Crippen LogP contribution in [-0.4, -0.2) is 30.1 Å². The van der Waals surface area contributed by atoms with E-state index in [1.807, 2.05) is 7.05 Å². The van der Waals surface area contributed by atoms with Gasteiger partial charge in [-0.3, -0.25) is 10.4 Å². The predicted molar refractivity (Wildman–Crippen MR) is 52.2 cm³/mol. The second-order valence-corrected chi connectivity index (χ2v) is 3.59. The fourth-order valence-electron chi connectivity index (χ4n) is 1.89. The number of nitrogens with one attached hydrogen (secondary N) is 1. The molecule has 3 nitrogen and oxygen atoms in total. The standard InChI is InChI=1S/C10H14FN3/c1-12-14-3-2-8(7-14)9-4-10(11)6-13-5-9/h4-6,8,12H,2-3,7H2,1H3/t8-/m0/s1. The normalized spacial score (nSPS) is 22.9. The zero-order chi connectivity index (χ0) is 9.97. The van der Waals surface area contributed by atoms with Gasteiger partial charge in [0, 0.05) is 25.2 Å². The van der Waals surface area contributed by atoms with Crippen LogP contribution < -0.4 is 5.43 Å². The third-order valence-corrected chi connectivity index (χ3v) is 2.70. The highest BCUT2D eigenvalue weighted by molar-refractivity contribution is 5.17. The molecule has 0 bridgehead atoms. The maximum atomic E-state index is 12.9. The van der Waals surface area contributed by atoms with Gasteiger partial charge in [0.05, 0.1) is 6.20 Å². The Hall–Kier alpha value is -1.00. The van der Waals surface area contributed by atoms with Crippen molar-refractivity contribution < 1.29 is 4.39 Å². The molecule has 0 unspecified atom stereocenters. The van der Waals surface area contributed by atoms with Crippen LogP contribution in [0.25, 0.3) is 0 Å². The van der Waals surface area contributed by atoms with Gasteiger partial charge in [0.1, 0.15) is 5.82 Å². The molecule has 0 radical (unpaired) electrons. The second kappa shape index (κ2) is 4.02. The SMILES string of the molecule is CNN1CC[C@H](c2cncc(F)c2)C1. The summed E-state index contributed by atoms with van der Waals surface area (Å²) in [6.45, 7) is 1.94. The monoisotopic (exact) mass is 195 g/mol. The fourth-order valence-corrected chi connectivity index (χ4v) is 1.89. The first-order valence-electron chi connectivity index (χ1n) is 4.82. The van der Waals surface area contributed by atoms with E-state index in [9.17, 15) is 4.39 Å². The Kier molecular flexibility index (Phi) is 2.74. The zero-order valence-corrected chi connectivity index (χ0v) is 8.20. The summed E-state index contributed by atoms with van der Waals surface area (Å²) in [6, 6.07) is 1.58. The van der Waals surface area contributed by atoms with Crippen LogP contribution in [0, 0.1) is 5.82 Å². The van der Waals surface area contributed by atoms with Crippen LogP contribution in [0.5, 0.6) is 0 Å². The fraction of sp³-hybridized carbons (Fsp3) is 0.500. The molecular weight excluding hydrogens is 181 g/mol. The van der Waals surface area contributed by atoms with Crippen molar-refractivity contribution in [3.05, 3.63) is 29.8 Å². The lowest BCUT2D eigenvalue weighted by Crippen LogP contribution is -2.32. The van der Waals surface area contributed by atoms with E-state index in [0.29, 0.717) is 5.92 Å². The average Bonchev–Trinajstić information content (AvgIpc) is 2.66. The van der Waals surface area contributed by atoms with E-state index in [4.69, 9.17) is 0 Å². The summed E-state index contributed by atoms with van der Waals surface area (Å²) in [5, 5.41) is 2.13. The van der Waals surface area contributed by atoms with Crippen LogP contribution in [0.1, 0.15) is 17.9 Å². The van der Waals surface area contributed by atoms with Crippen molar-refractivity contribution in [2.24, 2.45) is 0 Å². The highest BCUT2D eigenvalue weighted by Gasteiger charge is 2.23. The summed E-state index contributed by atoms with van der Waals surface area (Å²) >= 11 is 0. The smallest absolute Gasteiger partial charge is 0.141 e. The second-order valence-electron chi connectivity index (χ2n) is 3.59.